The van der Waals surface area contributed by atoms with Crippen molar-refractivity contribution in [2.45, 2.75) is 419 Å². The van der Waals surface area contributed by atoms with Crippen molar-refractivity contribution < 1.29 is 53.1 Å². The first-order valence-electron chi connectivity index (χ1n) is 38.0. The average molecular weight is 1380 g/mol. The number of aryl methyl sites for hydroxylation is 1. The van der Waals surface area contributed by atoms with E-state index in [4.69, 9.17) is 42.8 Å². The molecule has 16 heteroatoms. The van der Waals surface area contributed by atoms with Gasteiger partial charge in [-0.05, 0) is 276 Å². The highest BCUT2D eigenvalue weighted by Crippen LogP contribution is 2.43. The van der Waals surface area contributed by atoms with Gasteiger partial charge in [-0.1, -0.05) is 106 Å². The van der Waals surface area contributed by atoms with Gasteiger partial charge in [0.15, 0.2) is 6.79 Å². The summed E-state index contributed by atoms with van der Waals surface area (Å²) in [5, 5.41) is 31.2. The number of phenols is 1. The summed E-state index contributed by atoms with van der Waals surface area (Å²) in [7, 11) is 6.07. The fourth-order valence-electron chi connectivity index (χ4n) is 17.1. The summed E-state index contributed by atoms with van der Waals surface area (Å²) < 4.78 is 45.4. The molecular formula is C81H157N5O11. The van der Waals surface area contributed by atoms with Crippen molar-refractivity contribution in [1.29, 1.82) is 0 Å². The van der Waals surface area contributed by atoms with E-state index in [0.29, 0.717) is 31.4 Å². The molecule has 6 rings (SSSR count). The molecule has 5 N–H and O–H groups in total. The van der Waals surface area contributed by atoms with Crippen molar-refractivity contribution in [3.05, 3.63) is 28.8 Å². The Hall–Kier alpha value is -1.58. The first-order chi connectivity index (χ1) is 44.3. The molecule has 5 aliphatic heterocycles. The van der Waals surface area contributed by atoms with Crippen LogP contribution in [0.2, 0.25) is 0 Å². The van der Waals surface area contributed by atoms with Crippen molar-refractivity contribution in [3.63, 3.8) is 0 Å². The topological polar surface area (TPSA) is 166 Å². The lowest BCUT2D eigenvalue weighted by Crippen LogP contribution is -2.60. The number of phenolic OH excluding ortho intramolecular Hbond substituents is 1. The zero-order valence-corrected chi connectivity index (χ0v) is 68.7. The Morgan fingerprint density at radius 3 is 1.12 bits per heavy atom. The zero-order valence-electron chi connectivity index (χ0n) is 68.7. The van der Waals surface area contributed by atoms with E-state index in [9.17, 15) is 10.4 Å². The van der Waals surface area contributed by atoms with Crippen LogP contribution < -0.4 is 16.0 Å². The highest BCUT2D eigenvalue weighted by Gasteiger charge is 2.46. The van der Waals surface area contributed by atoms with Gasteiger partial charge >= 0.3 is 0 Å². The molecule has 5 aliphatic rings. The molecule has 0 bridgehead atoms. The lowest BCUT2D eigenvalue weighted by atomic mass is 9.73. The second-order valence-corrected chi connectivity index (χ2v) is 38.7. The van der Waals surface area contributed by atoms with Gasteiger partial charge in [0.2, 0.25) is 0 Å². The van der Waals surface area contributed by atoms with E-state index >= 15 is 0 Å². The van der Waals surface area contributed by atoms with E-state index in [-0.39, 0.29) is 111 Å². The monoisotopic (exact) mass is 1380 g/mol. The minimum absolute atomic E-state index is 0.0230. The quantitative estimate of drug-likeness (QED) is 0.0222. The van der Waals surface area contributed by atoms with Gasteiger partial charge in [-0.3, -0.25) is 15.1 Å². The van der Waals surface area contributed by atoms with Gasteiger partial charge in [-0.15, -0.1) is 0 Å². The fraction of sp³-hybridized carbons (Fsp3) is 0.926. The maximum atomic E-state index is 10.7. The molecule has 0 aliphatic carbocycles. The van der Waals surface area contributed by atoms with E-state index in [1.54, 1.807) is 7.11 Å². The molecule has 0 saturated carbocycles. The lowest BCUT2D eigenvalue weighted by molar-refractivity contribution is -0.295. The Labute approximate surface area is 596 Å². The van der Waals surface area contributed by atoms with Crippen molar-refractivity contribution in [1.82, 2.24) is 25.8 Å². The Balaban J connectivity index is 0.000000353. The number of benzene rings is 1. The summed E-state index contributed by atoms with van der Waals surface area (Å²) in [6, 6.07) is 4.42. The highest BCUT2D eigenvalue weighted by molar-refractivity contribution is 5.50. The molecule has 5 heterocycles. The van der Waals surface area contributed by atoms with Gasteiger partial charge in [-0.2, -0.15) is 0 Å². The van der Waals surface area contributed by atoms with E-state index in [0.717, 1.165) is 108 Å². The number of piperidine rings is 5. The number of ether oxygens (including phenoxy) is 8. The van der Waals surface area contributed by atoms with E-state index in [1.807, 2.05) is 0 Å². The number of hydrogen-bond donors (Lipinski definition) is 5. The van der Waals surface area contributed by atoms with Crippen LogP contribution in [0.1, 0.15) is 332 Å². The molecule has 5 fully saturated rings. The number of likely N-dealkylation sites (tertiary alicyclic amines) is 2. The van der Waals surface area contributed by atoms with Crippen LogP contribution in [0.4, 0.5) is 0 Å². The summed E-state index contributed by atoms with van der Waals surface area (Å²) in [6.07, 6.45) is 24.0. The standard InChI is InChI=1S/C28H56N2O4.C23H46N2O4.C19H32O.C11H23NO2/c1-25(2)17-22(18-26(3,4)29-25)24(34-31)15-13-11-9-10-12-14-16-32-21-33-23-19-27(5,6)30-28(7,8)20-23;1-20(2)11-18(12-21(3,4)24(20)9)28-16-26-15-27-17-29-19-13-22(5,6)25(10)23(7,8)14-19;1-8-9-10-11-14-12-15(18(2,3)4)17(20)16(13-14)19(5,6)7;1-10(2)6-9(14-8-13-5)7-11(3,4)12-10/h22-24,29-31H,9-21H2,1-8H3;18-19H,11-17H2,1-10H3;12-13,20H,8-11H2,1-7H3;9,12H,6-8H2,1-5H3. The highest BCUT2D eigenvalue weighted by atomic mass is 17.1. The van der Waals surface area contributed by atoms with Gasteiger partial charge in [0.25, 0.3) is 0 Å². The first-order valence-corrected chi connectivity index (χ1v) is 38.0. The number of unbranched alkanes of at least 4 members (excludes halogenated alkanes) is 7. The largest absolute Gasteiger partial charge is 0.507 e. The van der Waals surface area contributed by atoms with Crippen molar-refractivity contribution in [2.24, 2.45) is 5.92 Å². The Kier molecular flexibility index (Phi) is 35.0. The maximum absolute atomic E-state index is 10.7. The normalized spacial score (nSPS) is 23.7. The summed E-state index contributed by atoms with van der Waals surface area (Å²) >= 11 is 0. The van der Waals surface area contributed by atoms with Crippen molar-refractivity contribution in [3.8, 4) is 5.75 Å². The molecule has 1 unspecified atom stereocenters. The van der Waals surface area contributed by atoms with E-state index in [2.05, 4.69) is 239 Å². The van der Waals surface area contributed by atoms with Crippen molar-refractivity contribution >= 4 is 0 Å². The molecule has 97 heavy (non-hydrogen) atoms. The smallest absolute Gasteiger partial charge is 0.152 e. The van der Waals surface area contributed by atoms with Crippen LogP contribution in [0.25, 0.3) is 0 Å². The van der Waals surface area contributed by atoms with Crippen LogP contribution in [0.15, 0.2) is 12.1 Å². The number of nitrogens with one attached hydrogen (secondary N) is 3. The minimum Gasteiger partial charge on any atom is -0.507 e. The molecule has 1 aromatic rings. The molecule has 1 aromatic carbocycles. The van der Waals surface area contributed by atoms with Gasteiger partial charge in [0.1, 0.15) is 32.9 Å². The van der Waals surface area contributed by atoms with Crippen molar-refractivity contribution in [2.75, 3.05) is 61.8 Å². The molecule has 572 valence electrons. The number of rotatable bonds is 29. The molecule has 1 atom stereocenters. The predicted molar refractivity (Wildman–Crippen MR) is 403 cm³/mol. The SMILES string of the molecule is CC1(C)CC(OCOCCCCCCCCC(OO)C2CC(C)(C)NC(C)(C)C2)CC(C)(C)N1.CCCCCc1cc(C(C)(C)C)c(O)c(C(C)(C)C)c1.CN1C(C)(C)CC(OCOCOCOC2CC(C)(C)N(C)C(C)(C)C2)CC1(C)C.COCOC1CC(C)(C)NC(C)(C)C1. The van der Waals surface area contributed by atoms with Crippen LogP contribution in [-0.4, -0.2) is 168 Å². The van der Waals surface area contributed by atoms with E-state index < -0.39 is 0 Å². The van der Waals surface area contributed by atoms with Gasteiger partial charge < -0.3 is 59.0 Å². The zero-order chi connectivity index (χ0) is 73.9. The van der Waals surface area contributed by atoms with Gasteiger partial charge in [0, 0.05) is 69.1 Å². The number of methoxy groups -OCH3 is 1. The number of nitrogens with zero attached hydrogens (tertiary/aromatic N) is 2. The third-order valence-electron chi connectivity index (χ3n) is 21.4. The predicted octanol–water partition coefficient (Wildman–Crippen LogP) is 18.3. The first kappa shape index (κ1) is 89.6. The second-order valence-electron chi connectivity index (χ2n) is 38.7. The average Bonchev–Trinajstić information content (AvgIpc) is 0.805. The molecule has 16 nitrogen and oxygen atoms in total. The third kappa shape index (κ3) is 32.5. The minimum atomic E-state index is -0.0508. The molecule has 0 amide bonds. The molecule has 0 aromatic heterocycles. The third-order valence-corrected chi connectivity index (χ3v) is 21.4. The van der Waals surface area contributed by atoms with E-state index in [1.165, 1.54) is 50.5 Å². The summed E-state index contributed by atoms with van der Waals surface area (Å²) in [5.41, 5.74) is 4.63. The Morgan fingerprint density at radius 1 is 0.443 bits per heavy atom. The molecule has 0 spiro atoms. The van der Waals surface area contributed by atoms with Crippen LogP contribution in [0.3, 0.4) is 0 Å². The molecule has 0 radical (unpaired) electrons. The van der Waals surface area contributed by atoms with Crippen LogP contribution in [-0.2, 0) is 60.0 Å². The molecular weight excluding hydrogens is 1220 g/mol. The molecule has 5 saturated heterocycles. The Morgan fingerprint density at radius 2 is 0.773 bits per heavy atom. The van der Waals surface area contributed by atoms with Crippen LogP contribution in [0, 0.1) is 5.92 Å². The lowest BCUT2D eigenvalue weighted by Gasteiger charge is -2.53. The van der Waals surface area contributed by atoms with Crippen LogP contribution in [0.5, 0.6) is 5.75 Å². The maximum Gasteiger partial charge on any atom is 0.152 e. The summed E-state index contributed by atoms with van der Waals surface area (Å²) in [5.74, 6) is 0.891. The number of aromatic hydroxyl groups is 1. The van der Waals surface area contributed by atoms with Gasteiger partial charge in [-0.25, -0.2) is 4.89 Å². The number of hydrogen-bond acceptors (Lipinski definition) is 16. The Bertz CT molecular complexity index is 2220. The van der Waals surface area contributed by atoms with Gasteiger partial charge in [0.05, 0.1) is 30.5 Å². The summed E-state index contributed by atoms with van der Waals surface area (Å²) in [6.45, 7) is 62.6. The fourth-order valence-corrected chi connectivity index (χ4v) is 17.1. The van der Waals surface area contributed by atoms with Crippen LogP contribution >= 0.6 is 0 Å². The second kappa shape index (κ2) is 37.9. The summed E-state index contributed by atoms with van der Waals surface area (Å²) in [4.78, 5) is 9.87.